The van der Waals surface area contributed by atoms with Crippen LogP contribution >= 0.6 is 0 Å². The van der Waals surface area contributed by atoms with Crippen LogP contribution in [0.25, 0.3) is 0 Å². The molecule has 0 bridgehead atoms. The first-order valence-corrected chi connectivity index (χ1v) is 11.4. The first-order valence-electron chi connectivity index (χ1n) is 11.4. The van der Waals surface area contributed by atoms with Crippen LogP contribution in [0, 0.1) is 11.6 Å². The van der Waals surface area contributed by atoms with E-state index in [4.69, 9.17) is 0 Å². The van der Waals surface area contributed by atoms with Gasteiger partial charge < -0.3 is 0 Å². The van der Waals surface area contributed by atoms with Gasteiger partial charge in [0, 0.05) is 25.7 Å². The summed E-state index contributed by atoms with van der Waals surface area (Å²) in [6, 6.07) is 13.6. The van der Waals surface area contributed by atoms with Gasteiger partial charge in [0.1, 0.15) is 11.6 Å². The summed E-state index contributed by atoms with van der Waals surface area (Å²) >= 11 is 0. The second-order valence-corrected chi connectivity index (χ2v) is 8.79. The highest BCUT2D eigenvalue weighted by Gasteiger charge is 2.32. The van der Waals surface area contributed by atoms with E-state index in [2.05, 4.69) is 25.3 Å². The molecule has 1 unspecified atom stereocenters. The Bertz CT molecular complexity index is 1020. The lowest BCUT2D eigenvalue weighted by atomic mass is 9.91. The van der Waals surface area contributed by atoms with Gasteiger partial charge in [-0.05, 0) is 71.6 Å². The van der Waals surface area contributed by atoms with Gasteiger partial charge in [0.2, 0.25) is 0 Å². The lowest BCUT2D eigenvalue weighted by Crippen LogP contribution is -2.42. The van der Waals surface area contributed by atoms with E-state index in [1.54, 1.807) is 16.8 Å². The van der Waals surface area contributed by atoms with Crippen molar-refractivity contribution in [2.45, 2.75) is 44.3 Å². The SMILES string of the molecule is Fc1ccc(Cn2nnnc2C(c2ccc(F)cc2)N2CCCN(C3CCC3)CC2)cc1. The van der Waals surface area contributed by atoms with Crippen LogP contribution in [0.2, 0.25) is 0 Å². The monoisotopic (exact) mass is 438 g/mol. The van der Waals surface area contributed by atoms with Crippen LogP contribution in [0.15, 0.2) is 48.5 Å². The van der Waals surface area contributed by atoms with Gasteiger partial charge in [0.25, 0.3) is 0 Å². The van der Waals surface area contributed by atoms with Gasteiger partial charge in [-0.15, -0.1) is 5.10 Å². The van der Waals surface area contributed by atoms with Gasteiger partial charge in [0.05, 0.1) is 12.6 Å². The fourth-order valence-corrected chi connectivity index (χ4v) is 4.78. The van der Waals surface area contributed by atoms with Crippen molar-refractivity contribution in [3.05, 3.63) is 77.1 Å². The van der Waals surface area contributed by atoms with Gasteiger partial charge in [-0.25, -0.2) is 13.5 Å². The van der Waals surface area contributed by atoms with Gasteiger partial charge in [-0.2, -0.15) is 0 Å². The molecule has 1 aromatic heterocycles. The van der Waals surface area contributed by atoms with Crippen molar-refractivity contribution < 1.29 is 8.78 Å². The minimum absolute atomic E-state index is 0.174. The topological polar surface area (TPSA) is 50.1 Å². The third-order valence-electron chi connectivity index (χ3n) is 6.76. The molecule has 2 heterocycles. The van der Waals surface area contributed by atoms with Crippen LogP contribution in [0.5, 0.6) is 0 Å². The molecular formula is C24H28F2N6. The average Bonchev–Trinajstić information content (AvgIpc) is 3.07. The molecule has 1 aliphatic carbocycles. The molecule has 0 spiro atoms. The summed E-state index contributed by atoms with van der Waals surface area (Å²) in [5.74, 6) is 0.193. The molecule has 2 aliphatic rings. The normalized spacial score (nSPS) is 19.4. The number of tetrazole rings is 1. The van der Waals surface area contributed by atoms with Crippen LogP contribution in [0.3, 0.4) is 0 Å². The van der Waals surface area contributed by atoms with E-state index in [1.165, 1.54) is 43.5 Å². The molecule has 8 heteroatoms. The van der Waals surface area contributed by atoms with Gasteiger partial charge in [0.15, 0.2) is 5.82 Å². The molecule has 2 fully saturated rings. The zero-order valence-electron chi connectivity index (χ0n) is 18.1. The van der Waals surface area contributed by atoms with Crippen molar-refractivity contribution in [1.29, 1.82) is 0 Å². The van der Waals surface area contributed by atoms with Crippen molar-refractivity contribution >= 4 is 0 Å². The molecule has 2 aromatic carbocycles. The third-order valence-corrected chi connectivity index (χ3v) is 6.76. The molecule has 168 valence electrons. The van der Waals surface area contributed by atoms with Crippen molar-refractivity contribution in [2.75, 3.05) is 26.2 Å². The maximum absolute atomic E-state index is 13.7. The second kappa shape index (κ2) is 9.42. The fraction of sp³-hybridized carbons (Fsp3) is 0.458. The Morgan fingerprint density at radius 2 is 1.56 bits per heavy atom. The molecule has 5 rings (SSSR count). The number of hydrogen-bond donors (Lipinski definition) is 0. The lowest BCUT2D eigenvalue weighted by Gasteiger charge is -2.37. The summed E-state index contributed by atoms with van der Waals surface area (Å²) in [6.45, 7) is 4.40. The van der Waals surface area contributed by atoms with E-state index < -0.39 is 0 Å². The second-order valence-electron chi connectivity index (χ2n) is 8.79. The number of aromatic nitrogens is 4. The van der Waals surface area contributed by atoms with Crippen molar-refractivity contribution in [2.24, 2.45) is 0 Å². The van der Waals surface area contributed by atoms with Crippen LogP contribution in [-0.2, 0) is 6.54 Å². The average molecular weight is 439 g/mol. The molecule has 1 saturated heterocycles. The lowest BCUT2D eigenvalue weighted by molar-refractivity contribution is 0.127. The molecule has 0 amide bonds. The first kappa shape index (κ1) is 21.2. The van der Waals surface area contributed by atoms with E-state index in [0.29, 0.717) is 6.54 Å². The van der Waals surface area contributed by atoms with Gasteiger partial charge in [-0.1, -0.05) is 30.7 Å². The fourth-order valence-electron chi connectivity index (χ4n) is 4.78. The quantitative estimate of drug-likeness (QED) is 0.588. The summed E-state index contributed by atoms with van der Waals surface area (Å²) in [4.78, 5) is 5.03. The largest absolute Gasteiger partial charge is 0.299 e. The first-order chi connectivity index (χ1) is 15.7. The van der Waals surface area contributed by atoms with Gasteiger partial charge in [-0.3, -0.25) is 9.80 Å². The van der Waals surface area contributed by atoms with E-state index >= 15 is 0 Å². The Kier molecular flexibility index (Phi) is 6.23. The van der Waals surface area contributed by atoms with Crippen LogP contribution < -0.4 is 0 Å². The Morgan fingerprint density at radius 3 is 2.25 bits per heavy atom. The highest BCUT2D eigenvalue weighted by molar-refractivity contribution is 5.26. The van der Waals surface area contributed by atoms with E-state index in [0.717, 1.165) is 55.6 Å². The van der Waals surface area contributed by atoms with E-state index in [-0.39, 0.29) is 17.7 Å². The van der Waals surface area contributed by atoms with Crippen LogP contribution in [-0.4, -0.2) is 62.2 Å². The highest BCUT2D eigenvalue weighted by atomic mass is 19.1. The molecule has 3 aromatic rings. The minimum atomic E-state index is -0.268. The Balaban J connectivity index is 1.44. The molecular weight excluding hydrogens is 410 g/mol. The Hall–Kier alpha value is -2.71. The summed E-state index contributed by atoms with van der Waals surface area (Å²) < 4.78 is 28.8. The standard InChI is InChI=1S/C24H28F2N6/c25-20-9-5-18(6-10-20)17-32-24(27-28-29-32)23(19-7-11-21(26)12-8-19)31-14-2-13-30(15-16-31)22-3-1-4-22/h5-12,22-23H,1-4,13-17H2. The summed E-state index contributed by atoms with van der Waals surface area (Å²) in [7, 11) is 0. The number of halogens is 2. The van der Waals surface area contributed by atoms with E-state index in [9.17, 15) is 8.78 Å². The molecule has 0 radical (unpaired) electrons. The predicted molar refractivity (Wildman–Crippen MR) is 117 cm³/mol. The van der Waals surface area contributed by atoms with E-state index in [1.807, 2.05) is 12.1 Å². The van der Waals surface area contributed by atoms with Crippen molar-refractivity contribution in [3.8, 4) is 0 Å². The number of nitrogens with zero attached hydrogens (tertiary/aromatic N) is 6. The Morgan fingerprint density at radius 1 is 0.844 bits per heavy atom. The molecule has 6 nitrogen and oxygen atoms in total. The smallest absolute Gasteiger partial charge is 0.173 e. The zero-order valence-corrected chi connectivity index (χ0v) is 18.1. The summed E-state index contributed by atoms with van der Waals surface area (Å²) in [6.07, 6.45) is 5.02. The van der Waals surface area contributed by atoms with Crippen molar-refractivity contribution in [3.63, 3.8) is 0 Å². The van der Waals surface area contributed by atoms with Crippen LogP contribution in [0.1, 0.15) is 48.7 Å². The van der Waals surface area contributed by atoms with Gasteiger partial charge >= 0.3 is 0 Å². The Labute approximate surface area is 186 Å². The molecule has 0 N–H and O–H groups in total. The molecule has 1 atom stereocenters. The molecule has 1 aliphatic heterocycles. The molecule has 1 saturated carbocycles. The maximum atomic E-state index is 13.7. The maximum Gasteiger partial charge on any atom is 0.173 e. The van der Waals surface area contributed by atoms with Crippen molar-refractivity contribution in [1.82, 2.24) is 30.0 Å². The third kappa shape index (κ3) is 4.56. The highest BCUT2D eigenvalue weighted by Crippen LogP contribution is 2.31. The van der Waals surface area contributed by atoms with Crippen LogP contribution in [0.4, 0.5) is 8.78 Å². The minimum Gasteiger partial charge on any atom is -0.299 e. The number of benzene rings is 2. The predicted octanol–water partition coefficient (Wildman–Crippen LogP) is 3.65. The number of rotatable bonds is 6. The zero-order chi connectivity index (χ0) is 21.9. The summed E-state index contributed by atoms with van der Waals surface area (Å²) in [5.41, 5.74) is 1.89. The number of hydrogen-bond acceptors (Lipinski definition) is 5. The molecule has 32 heavy (non-hydrogen) atoms. The summed E-state index contributed by atoms with van der Waals surface area (Å²) in [5, 5.41) is 12.6.